The van der Waals surface area contributed by atoms with Crippen LogP contribution < -0.4 is 10.1 Å². The van der Waals surface area contributed by atoms with Crippen molar-refractivity contribution in [3.63, 3.8) is 0 Å². The van der Waals surface area contributed by atoms with Crippen LogP contribution in [0.2, 0.25) is 0 Å². The zero-order chi connectivity index (χ0) is 18.9. The zero-order valence-corrected chi connectivity index (χ0v) is 15.5. The van der Waals surface area contributed by atoms with Crippen LogP contribution in [0.4, 0.5) is 0 Å². The molecule has 0 radical (unpaired) electrons. The van der Waals surface area contributed by atoms with Gasteiger partial charge >= 0.3 is 5.97 Å². The normalized spacial score (nSPS) is 11.5. The van der Waals surface area contributed by atoms with E-state index in [0.717, 1.165) is 22.4 Å². The van der Waals surface area contributed by atoms with Crippen molar-refractivity contribution in [3.8, 4) is 5.75 Å². The fraction of sp³-hybridized carbons (Fsp3) is 0.333. The third kappa shape index (κ3) is 6.24. The SMILES string of the molecule is COc1ccc(CCNC(=O)[C@@H](C)OC(=O)Cc2ccc(C)cc2)cc1. The van der Waals surface area contributed by atoms with E-state index in [1.54, 1.807) is 14.0 Å². The number of aryl methyl sites for hydroxylation is 1. The van der Waals surface area contributed by atoms with E-state index in [1.807, 2.05) is 55.5 Å². The number of hydrogen-bond donors (Lipinski definition) is 1. The van der Waals surface area contributed by atoms with Crippen molar-refractivity contribution in [3.05, 3.63) is 65.2 Å². The van der Waals surface area contributed by atoms with Crippen molar-refractivity contribution in [1.82, 2.24) is 5.32 Å². The summed E-state index contributed by atoms with van der Waals surface area (Å²) in [5, 5.41) is 2.79. The first-order valence-electron chi connectivity index (χ1n) is 8.63. The fourth-order valence-corrected chi connectivity index (χ4v) is 2.43. The van der Waals surface area contributed by atoms with Crippen LogP contribution in [0, 0.1) is 6.92 Å². The molecule has 0 heterocycles. The van der Waals surface area contributed by atoms with Gasteiger partial charge in [-0.05, 0) is 43.5 Å². The Labute approximate surface area is 154 Å². The predicted octanol–water partition coefficient (Wildman–Crippen LogP) is 2.84. The number of carbonyl (C=O) groups excluding carboxylic acids is 2. The third-order valence-corrected chi connectivity index (χ3v) is 4.02. The van der Waals surface area contributed by atoms with Gasteiger partial charge in [0.15, 0.2) is 6.10 Å². The monoisotopic (exact) mass is 355 g/mol. The molecular formula is C21H25NO4. The van der Waals surface area contributed by atoms with Crippen LogP contribution >= 0.6 is 0 Å². The van der Waals surface area contributed by atoms with E-state index >= 15 is 0 Å². The predicted molar refractivity (Wildman–Crippen MR) is 100 cm³/mol. The number of methoxy groups -OCH3 is 1. The standard InChI is InChI=1S/C21H25NO4/c1-15-4-6-18(7-5-15)14-20(23)26-16(2)21(24)22-13-12-17-8-10-19(25-3)11-9-17/h4-11,16H,12-14H2,1-3H3,(H,22,24)/t16-/m1/s1. The van der Waals surface area contributed by atoms with Crippen LogP contribution in [0.3, 0.4) is 0 Å². The van der Waals surface area contributed by atoms with Gasteiger partial charge in [0.1, 0.15) is 5.75 Å². The van der Waals surface area contributed by atoms with Gasteiger partial charge in [-0.2, -0.15) is 0 Å². The second kappa shape index (κ2) is 9.61. The van der Waals surface area contributed by atoms with Crippen molar-refractivity contribution in [2.45, 2.75) is 32.8 Å². The Balaban J connectivity index is 1.72. The van der Waals surface area contributed by atoms with E-state index in [-0.39, 0.29) is 12.3 Å². The Morgan fingerprint density at radius 3 is 2.23 bits per heavy atom. The van der Waals surface area contributed by atoms with Crippen molar-refractivity contribution < 1.29 is 19.1 Å². The number of carbonyl (C=O) groups is 2. The minimum absolute atomic E-state index is 0.156. The highest BCUT2D eigenvalue weighted by Crippen LogP contribution is 2.11. The minimum atomic E-state index is -0.816. The van der Waals surface area contributed by atoms with Crippen molar-refractivity contribution in [2.75, 3.05) is 13.7 Å². The largest absolute Gasteiger partial charge is 0.497 e. The average molecular weight is 355 g/mol. The lowest BCUT2D eigenvalue weighted by atomic mass is 10.1. The highest BCUT2D eigenvalue weighted by molar-refractivity contribution is 5.83. The Kier molecular flexibility index (Phi) is 7.21. The van der Waals surface area contributed by atoms with E-state index in [2.05, 4.69) is 5.32 Å². The minimum Gasteiger partial charge on any atom is -0.497 e. The molecule has 5 heteroatoms. The molecule has 0 aliphatic heterocycles. The number of esters is 1. The van der Waals surface area contributed by atoms with E-state index in [1.165, 1.54) is 0 Å². The molecule has 2 aromatic carbocycles. The molecule has 5 nitrogen and oxygen atoms in total. The van der Waals surface area contributed by atoms with Gasteiger partial charge in [-0.3, -0.25) is 9.59 Å². The fourth-order valence-electron chi connectivity index (χ4n) is 2.43. The lowest BCUT2D eigenvalue weighted by molar-refractivity contribution is -0.154. The van der Waals surface area contributed by atoms with Crippen LogP contribution in [0.5, 0.6) is 5.75 Å². The molecule has 2 aromatic rings. The first kappa shape index (κ1) is 19.5. The van der Waals surface area contributed by atoms with Gasteiger partial charge in [-0.25, -0.2) is 0 Å². The molecule has 2 rings (SSSR count). The summed E-state index contributed by atoms with van der Waals surface area (Å²) < 4.78 is 10.3. The van der Waals surface area contributed by atoms with Gasteiger partial charge in [-0.1, -0.05) is 42.0 Å². The van der Waals surface area contributed by atoms with Crippen molar-refractivity contribution in [2.24, 2.45) is 0 Å². The maximum atomic E-state index is 12.1. The number of nitrogens with one attached hydrogen (secondary N) is 1. The van der Waals surface area contributed by atoms with E-state index in [9.17, 15) is 9.59 Å². The number of rotatable bonds is 8. The molecule has 0 bridgehead atoms. The number of amides is 1. The summed E-state index contributed by atoms with van der Waals surface area (Å²) >= 11 is 0. The van der Waals surface area contributed by atoms with Crippen LogP contribution in [0.25, 0.3) is 0 Å². The molecule has 1 N–H and O–H groups in total. The molecule has 26 heavy (non-hydrogen) atoms. The number of ether oxygens (including phenoxy) is 2. The topological polar surface area (TPSA) is 64.6 Å². The molecule has 0 saturated carbocycles. The number of hydrogen-bond acceptors (Lipinski definition) is 4. The van der Waals surface area contributed by atoms with E-state index in [0.29, 0.717) is 13.0 Å². The molecule has 138 valence electrons. The molecule has 0 spiro atoms. The molecular weight excluding hydrogens is 330 g/mol. The van der Waals surface area contributed by atoms with E-state index < -0.39 is 12.1 Å². The van der Waals surface area contributed by atoms with Gasteiger partial charge < -0.3 is 14.8 Å². The molecule has 0 unspecified atom stereocenters. The Morgan fingerprint density at radius 2 is 1.62 bits per heavy atom. The molecule has 1 atom stereocenters. The molecule has 1 amide bonds. The van der Waals surface area contributed by atoms with Crippen LogP contribution in [-0.2, 0) is 27.2 Å². The maximum Gasteiger partial charge on any atom is 0.311 e. The zero-order valence-electron chi connectivity index (χ0n) is 15.5. The second-order valence-corrected chi connectivity index (χ2v) is 6.18. The summed E-state index contributed by atoms with van der Waals surface area (Å²) in [7, 11) is 1.62. The van der Waals surface area contributed by atoms with Gasteiger partial charge in [0.25, 0.3) is 5.91 Å². The summed E-state index contributed by atoms with van der Waals surface area (Å²) in [6, 6.07) is 15.3. The number of benzene rings is 2. The van der Waals surface area contributed by atoms with Crippen molar-refractivity contribution >= 4 is 11.9 Å². The smallest absolute Gasteiger partial charge is 0.311 e. The quantitative estimate of drug-likeness (QED) is 0.740. The lowest BCUT2D eigenvalue weighted by Gasteiger charge is -2.13. The third-order valence-electron chi connectivity index (χ3n) is 4.02. The van der Waals surface area contributed by atoms with Crippen LogP contribution in [0.15, 0.2) is 48.5 Å². The Morgan fingerprint density at radius 1 is 1.00 bits per heavy atom. The first-order valence-corrected chi connectivity index (χ1v) is 8.63. The van der Waals surface area contributed by atoms with Crippen LogP contribution in [-0.4, -0.2) is 31.6 Å². The summed E-state index contributed by atoms with van der Waals surface area (Å²) in [6.07, 6.45) is 0.0348. The summed E-state index contributed by atoms with van der Waals surface area (Å²) in [5.74, 6) is 0.0920. The summed E-state index contributed by atoms with van der Waals surface area (Å²) in [6.45, 7) is 4.04. The lowest BCUT2D eigenvalue weighted by Crippen LogP contribution is -2.37. The maximum absolute atomic E-state index is 12.1. The Bertz CT molecular complexity index is 723. The molecule has 0 fully saturated rings. The summed E-state index contributed by atoms with van der Waals surface area (Å²) in [4.78, 5) is 24.0. The highest BCUT2D eigenvalue weighted by atomic mass is 16.5. The average Bonchev–Trinajstić information content (AvgIpc) is 2.64. The highest BCUT2D eigenvalue weighted by Gasteiger charge is 2.17. The second-order valence-electron chi connectivity index (χ2n) is 6.18. The van der Waals surface area contributed by atoms with Crippen molar-refractivity contribution in [1.29, 1.82) is 0 Å². The van der Waals surface area contributed by atoms with Crippen LogP contribution in [0.1, 0.15) is 23.6 Å². The molecule has 0 aromatic heterocycles. The van der Waals surface area contributed by atoms with E-state index in [4.69, 9.17) is 9.47 Å². The Hall–Kier alpha value is -2.82. The van der Waals surface area contributed by atoms with Gasteiger partial charge in [0.05, 0.1) is 13.5 Å². The van der Waals surface area contributed by atoms with Gasteiger partial charge in [0, 0.05) is 6.54 Å². The molecule has 0 aliphatic rings. The van der Waals surface area contributed by atoms with Gasteiger partial charge in [0.2, 0.25) is 0 Å². The molecule has 0 saturated heterocycles. The van der Waals surface area contributed by atoms with Gasteiger partial charge in [-0.15, -0.1) is 0 Å². The molecule has 0 aliphatic carbocycles. The first-order chi connectivity index (χ1) is 12.5. The summed E-state index contributed by atoms with van der Waals surface area (Å²) in [5.41, 5.74) is 3.09.